The average Bonchev–Trinajstić information content (AvgIpc) is 3.40. The van der Waals surface area contributed by atoms with Crippen molar-refractivity contribution in [3.8, 4) is 0 Å². The first-order valence-corrected chi connectivity index (χ1v) is 19.9. The van der Waals surface area contributed by atoms with Crippen molar-refractivity contribution >= 4 is 43.3 Å². The van der Waals surface area contributed by atoms with Crippen LogP contribution in [0.3, 0.4) is 0 Å². The van der Waals surface area contributed by atoms with Crippen LogP contribution in [0.15, 0.2) is 6.33 Å². The van der Waals surface area contributed by atoms with Crippen molar-refractivity contribution in [3.63, 3.8) is 0 Å². The first-order valence-electron chi connectivity index (χ1n) is 16.4. The molecule has 5 rings (SSSR count). The fourth-order valence-corrected chi connectivity index (χ4v) is 6.45. The van der Waals surface area contributed by atoms with Gasteiger partial charge in [0.1, 0.15) is 30.5 Å². The van der Waals surface area contributed by atoms with Gasteiger partial charge in [-0.15, -0.1) is 0 Å². The Morgan fingerprint density at radius 1 is 1.00 bits per heavy atom. The lowest BCUT2D eigenvalue weighted by atomic mass is 10.1. The van der Waals surface area contributed by atoms with Crippen LogP contribution >= 0.6 is 0 Å². The fourth-order valence-electron chi connectivity index (χ4n) is 5.99. The lowest BCUT2D eigenvalue weighted by molar-refractivity contribution is -0.784. The maximum Gasteiger partial charge on any atom is 0.524 e. The quantitative estimate of drug-likeness (QED) is 0.357. The molecule has 15 nitrogen and oxygen atoms in total. The molecular weight excluding hydrogens is 608 g/mol. The predicted octanol–water partition coefficient (Wildman–Crippen LogP) is 1.83. The number of quaternary nitrogens is 1. The average molecular weight is 660 g/mol. The summed E-state index contributed by atoms with van der Waals surface area (Å²) in [6, 6.07) is -0.393. The number of rotatable bonds is 5. The number of hydrogen-bond acceptors (Lipinski definition) is 12. The molecule has 16 heteroatoms. The molecule has 2 N–H and O–H groups in total. The van der Waals surface area contributed by atoms with Crippen LogP contribution in [0.1, 0.15) is 46.4 Å². The topological polar surface area (TPSA) is 147 Å². The molecule has 254 valence electrons. The number of piperazine rings is 3. The summed E-state index contributed by atoms with van der Waals surface area (Å²) in [5, 5.41) is 8.93. The highest BCUT2D eigenvalue weighted by molar-refractivity contribution is 6.77. The molecule has 2 atom stereocenters. The Bertz CT molecular complexity index is 1440. The third-order valence-corrected chi connectivity index (χ3v) is 11.8. The molecule has 0 bridgehead atoms. The number of amides is 3. The maximum atomic E-state index is 13.5. The van der Waals surface area contributed by atoms with Crippen LogP contribution in [-0.4, -0.2) is 138 Å². The lowest BCUT2D eigenvalue weighted by Gasteiger charge is -2.41. The number of hydrogen-bond donors (Lipinski definition) is 2. The fraction of sp³-hybridized carbons (Fsp3) is 0.733. The molecule has 3 aliphatic heterocycles. The SMILES string of the molecule is CC(=O)[N+]1(C(=O)OC(C)(C)C)CCN(n2c(N3CCNCC3)nc3c(C4CNCCN4C(=O)OC(C)[Si](C)(C)C)ncnc32)CC1. The number of aromatic nitrogens is 4. The molecule has 3 fully saturated rings. The zero-order valence-electron chi connectivity index (χ0n) is 28.6. The number of ether oxygens (including phenoxy) is 2. The lowest BCUT2D eigenvalue weighted by Crippen LogP contribution is -2.67. The van der Waals surface area contributed by atoms with Gasteiger partial charge in [-0.25, -0.2) is 29.2 Å². The summed E-state index contributed by atoms with van der Waals surface area (Å²) in [4.78, 5) is 58.4. The molecule has 0 saturated carbocycles. The van der Waals surface area contributed by atoms with Crippen LogP contribution < -0.4 is 20.5 Å². The summed E-state index contributed by atoms with van der Waals surface area (Å²) in [6.07, 6.45) is 0.662. The van der Waals surface area contributed by atoms with E-state index in [1.54, 1.807) is 4.90 Å². The molecule has 2 aromatic rings. The van der Waals surface area contributed by atoms with Gasteiger partial charge in [-0.3, -0.25) is 9.91 Å². The van der Waals surface area contributed by atoms with E-state index in [-0.39, 0.29) is 35.3 Å². The number of imide groups is 1. The second kappa shape index (κ2) is 13.0. The van der Waals surface area contributed by atoms with Gasteiger partial charge in [-0.05, 0) is 27.7 Å². The molecule has 2 unspecified atom stereocenters. The molecule has 3 aliphatic rings. The van der Waals surface area contributed by atoms with Crippen LogP contribution in [-0.2, 0) is 14.3 Å². The van der Waals surface area contributed by atoms with Gasteiger partial charge in [0, 0.05) is 45.8 Å². The summed E-state index contributed by atoms with van der Waals surface area (Å²) < 4.78 is 13.3. The van der Waals surface area contributed by atoms with Gasteiger partial charge in [-0.2, -0.15) is 9.28 Å². The van der Waals surface area contributed by atoms with E-state index < -0.39 is 25.8 Å². The highest BCUT2D eigenvalue weighted by atomic mass is 28.3. The van der Waals surface area contributed by atoms with Crippen molar-refractivity contribution in [1.82, 2.24) is 35.2 Å². The van der Waals surface area contributed by atoms with Gasteiger partial charge in [0.05, 0.1) is 45.6 Å². The number of nitrogens with one attached hydrogen (secondary N) is 2. The summed E-state index contributed by atoms with van der Waals surface area (Å²) in [7, 11) is -1.71. The number of carbonyl (C=O) groups is 3. The minimum Gasteiger partial charge on any atom is -0.450 e. The Kier molecular flexibility index (Phi) is 9.64. The Morgan fingerprint density at radius 3 is 2.26 bits per heavy atom. The third-order valence-electron chi connectivity index (χ3n) is 9.23. The van der Waals surface area contributed by atoms with Gasteiger partial charge < -0.3 is 25.0 Å². The van der Waals surface area contributed by atoms with Crippen molar-refractivity contribution < 1.29 is 28.3 Å². The van der Waals surface area contributed by atoms with Crippen molar-refractivity contribution in [2.75, 3.05) is 81.9 Å². The first kappa shape index (κ1) is 34.0. The van der Waals surface area contributed by atoms with Crippen LogP contribution in [0.25, 0.3) is 11.2 Å². The number of carbonyl (C=O) groups excluding carboxylic acids is 3. The smallest absolute Gasteiger partial charge is 0.450 e. The standard InChI is InChI=1S/C30H51N10O5Si/c1-21(41)40(29(43)45-30(3,4)5)17-15-37(16-18-40)39-26-25(35-27(39)36-12-9-31-10-13-36)24(33-20-34-26)23-19-32-11-14-38(23)28(42)44-22(2)46(6,7)8/h20,22-23,31-32H,9-19H2,1-8H3/q+1. The van der Waals surface area contributed by atoms with Gasteiger partial charge in [0.15, 0.2) is 5.65 Å². The van der Waals surface area contributed by atoms with E-state index in [1.807, 2.05) is 32.4 Å². The summed E-state index contributed by atoms with van der Waals surface area (Å²) in [6.45, 7) is 21.5. The van der Waals surface area contributed by atoms with Gasteiger partial charge in [0.25, 0.3) is 0 Å². The Morgan fingerprint density at radius 2 is 1.65 bits per heavy atom. The largest absolute Gasteiger partial charge is 0.524 e. The van der Waals surface area contributed by atoms with Gasteiger partial charge >= 0.3 is 18.1 Å². The normalized spacial score (nSPS) is 21.7. The molecule has 3 amide bonds. The third kappa shape index (κ3) is 6.84. The summed E-state index contributed by atoms with van der Waals surface area (Å²) in [5.74, 6) is 0.486. The monoisotopic (exact) mass is 659 g/mol. The van der Waals surface area contributed by atoms with E-state index in [1.165, 1.54) is 13.3 Å². The molecule has 0 radical (unpaired) electrons. The zero-order chi connectivity index (χ0) is 33.4. The molecule has 5 heterocycles. The van der Waals surface area contributed by atoms with Crippen molar-refractivity contribution in [2.45, 2.75) is 71.6 Å². The summed E-state index contributed by atoms with van der Waals surface area (Å²) in [5.41, 5.74) is 1.04. The Balaban J connectivity index is 1.51. The van der Waals surface area contributed by atoms with E-state index in [0.29, 0.717) is 49.6 Å². The van der Waals surface area contributed by atoms with E-state index in [0.717, 1.165) is 32.1 Å². The molecule has 46 heavy (non-hydrogen) atoms. The molecular formula is C30H51N10O5Si+. The minimum atomic E-state index is -1.71. The number of fused-ring (bicyclic) bond motifs is 1. The van der Waals surface area contributed by atoms with Crippen LogP contribution in [0.5, 0.6) is 0 Å². The zero-order valence-corrected chi connectivity index (χ0v) is 29.6. The number of imidazole rings is 1. The van der Waals surface area contributed by atoms with Crippen molar-refractivity contribution in [3.05, 3.63) is 12.0 Å². The molecule has 3 saturated heterocycles. The van der Waals surface area contributed by atoms with E-state index in [2.05, 4.69) is 40.2 Å². The van der Waals surface area contributed by atoms with Crippen molar-refractivity contribution in [1.29, 1.82) is 0 Å². The molecule has 0 spiro atoms. The number of anilines is 1. The maximum absolute atomic E-state index is 13.5. The van der Waals surface area contributed by atoms with Crippen LogP contribution in [0.2, 0.25) is 19.6 Å². The molecule has 0 aliphatic carbocycles. The Hall–Kier alpha value is -3.34. The second-order valence-electron chi connectivity index (χ2n) is 14.6. The highest BCUT2D eigenvalue weighted by Gasteiger charge is 2.49. The van der Waals surface area contributed by atoms with Gasteiger partial charge in [-0.1, -0.05) is 19.6 Å². The van der Waals surface area contributed by atoms with Crippen LogP contribution in [0.4, 0.5) is 15.5 Å². The van der Waals surface area contributed by atoms with Gasteiger partial charge in [0.2, 0.25) is 5.95 Å². The Labute approximate surface area is 272 Å². The predicted molar refractivity (Wildman–Crippen MR) is 177 cm³/mol. The first-order chi connectivity index (χ1) is 21.6. The minimum absolute atomic E-state index is 0.139. The van der Waals surface area contributed by atoms with E-state index in [4.69, 9.17) is 24.4 Å². The molecule has 0 aromatic carbocycles. The van der Waals surface area contributed by atoms with E-state index in [9.17, 15) is 14.4 Å². The van der Waals surface area contributed by atoms with Crippen molar-refractivity contribution in [2.24, 2.45) is 0 Å². The summed E-state index contributed by atoms with van der Waals surface area (Å²) >= 11 is 0. The van der Waals surface area contributed by atoms with Crippen LogP contribution in [0, 0.1) is 0 Å². The number of nitrogens with zero attached hydrogens (tertiary/aromatic N) is 8. The highest BCUT2D eigenvalue weighted by Crippen LogP contribution is 2.32. The second-order valence-corrected chi connectivity index (χ2v) is 20.1. The molecule has 2 aromatic heterocycles. The van der Waals surface area contributed by atoms with E-state index >= 15 is 0 Å².